The van der Waals surface area contributed by atoms with Crippen molar-refractivity contribution in [1.82, 2.24) is 0 Å². The first-order valence-electron chi connectivity index (χ1n) is 4.54. The van der Waals surface area contributed by atoms with Gasteiger partial charge in [0.1, 0.15) is 0 Å². The standard InChI is InChI=1S/C13H18/c1-5-7-9-11-13(4)12(3)10-8-6-2/h6-11H,2-3,5H2,1,4H3/b9-7-,10-8-,13-11+. The molecule has 0 bridgehead atoms. The van der Waals surface area contributed by atoms with Crippen molar-refractivity contribution in [2.45, 2.75) is 20.3 Å². The molecule has 0 heteroatoms. The van der Waals surface area contributed by atoms with Crippen LogP contribution < -0.4 is 0 Å². The molecule has 0 nitrogen and oxygen atoms in total. The van der Waals surface area contributed by atoms with Gasteiger partial charge in [0.15, 0.2) is 0 Å². The van der Waals surface area contributed by atoms with Gasteiger partial charge in [-0.15, -0.1) is 0 Å². The Hall–Kier alpha value is -1.30. The fraction of sp³-hybridized carbons (Fsp3) is 0.231. The highest BCUT2D eigenvalue weighted by atomic mass is 13.9. The molecule has 0 aromatic rings. The predicted molar refractivity (Wildman–Crippen MR) is 61.7 cm³/mol. The first kappa shape index (κ1) is 11.7. The van der Waals surface area contributed by atoms with Crippen LogP contribution in [0.5, 0.6) is 0 Å². The summed E-state index contributed by atoms with van der Waals surface area (Å²) in [5.74, 6) is 0. The van der Waals surface area contributed by atoms with E-state index in [9.17, 15) is 0 Å². The van der Waals surface area contributed by atoms with Gasteiger partial charge in [-0.25, -0.2) is 0 Å². The van der Waals surface area contributed by atoms with E-state index >= 15 is 0 Å². The Morgan fingerprint density at radius 2 is 2.00 bits per heavy atom. The van der Waals surface area contributed by atoms with Crippen LogP contribution in [-0.4, -0.2) is 0 Å². The minimum Gasteiger partial charge on any atom is -0.0991 e. The van der Waals surface area contributed by atoms with Crippen LogP contribution in [0.1, 0.15) is 20.3 Å². The smallest absolute Gasteiger partial charge is 0.0299 e. The van der Waals surface area contributed by atoms with Crippen molar-refractivity contribution in [3.05, 3.63) is 60.8 Å². The summed E-state index contributed by atoms with van der Waals surface area (Å²) in [5.41, 5.74) is 2.21. The molecule has 0 spiro atoms. The van der Waals surface area contributed by atoms with E-state index in [-0.39, 0.29) is 0 Å². The number of hydrogen-bond donors (Lipinski definition) is 0. The van der Waals surface area contributed by atoms with Gasteiger partial charge in [0.05, 0.1) is 0 Å². The monoisotopic (exact) mass is 174 g/mol. The molecule has 0 aromatic carbocycles. The van der Waals surface area contributed by atoms with E-state index in [1.807, 2.05) is 12.2 Å². The quantitative estimate of drug-likeness (QED) is 0.548. The molecule has 0 saturated heterocycles. The summed E-state index contributed by atoms with van der Waals surface area (Å²) in [4.78, 5) is 0. The first-order chi connectivity index (χ1) is 6.22. The maximum atomic E-state index is 3.93. The summed E-state index contributed by atoms with van der Waals surface area (Å²) in [6.45, 7) is 11.7. The molecule has 0 atom stereocenters. The van der Waals surface area contributed by atoms with Gasteiger partial charge in [-0.1, -0.05) is 56.5 Å². The van der Waals surface area contributed by atoms with Crippen LogP contribution in [0.25, 0.3) is 0 Å². The van der Waals surface area contributed by atoms with Gasteiger partial charge >= 0.3 is 0 Å². The molecule has 0 N–H and O–H groups in total. The molecule has 0 saturated carbocycles. The Morgan fingerprint density at radius 3 is 2.54 bits per heavy atom. The second kappa shape index (κ2) is 7.35. The van der Waals surface area contributed by atoms with Crippen molar-refractivity contribution in [3.8, 4) is 0 Å². The molecule has 0 aliphatic heterocycles. The maximum Gasteiger partial charge on any atom is -0.0299 e. The van der Waals surface area contributed by atoms with Crippen molar-refractivity contribution in [2.75, 3.05) is 0 Å². The fourth-order valence-corrected chi connectivity index (χ4v) is 0.771. The van der Waals surface area contributed by atoms with Gasteiger partial charge < -0.3 is 0 Å². The molecule has 0 aliphatic rings. The molecule has 70 valence electrons. The highest BCUT2D eigenvalue weighted by Crippen LogP contribution is 2.08. The van der Waals surface area contributed by atoms with Crippen LogP contribution in [0.3, 0.4) is 0 Å². The van der Waals surface area contributed by atoms with Gasteiger partial charge in [0.25, 0.3) is 0 Å². The summed E-state index contributed by atoms with van der Waals surface area (Å²) in [6.07, 6.45) is 12.9. The molecule has 0 fully saturated rings. The average Bonchev–Trinajstić information content (AvgIpc) is 2.14. The zero-order chi connectivity index (χ0) is 10.1. The molecular formula is C13H18. The third kappa shape index (κ3) is 5.92. The van der Waals surface area contributed by atoms with E-state index in [4.69, 9.17) is 0 Å². The van der Waals surface area contributed by atoms with Crippen LogP contribution in [0, 0.1) is 0 Å². The number of rotatable bonds is 5. The number of hydrogen-bond acceptors (Lipinski definition) is 0. The molecule has 0 rings (SSSR count). The fourth-order valence-electron chi connectivity index (χ4n) is 0.771. The molecule has 0 aromatic heterocycles. The Labute approximate surface area is 81.7 Å². The molecule has 0 amide bonds. The summed E-state index contributed by atoms with van der Waals surface area (Å²) in [5, 5.41) is 0. The molecule has 13 heavy (non-hydrogen) atoms. The van der Waals surface area contributed by atoms with Crippen molar-refractivity contribution >= 4 is 0 Å². The number of allylic oxidation sites excluding steroid dienone is 8. The van der Waals surface area contributed by atoms with E-state index < -0.39 is 0 Å². The van der Waals surface area contributed by atoms with Gasteiger partial charge in [0, 0.05) is 0 Å². The van der Waals surface area contributed by atoms with Crippen molar-refractivity contribution in [3.63, 3.8) is 0 Å². The van der Waals surface area contributed by atoms with Crippen molar-refractivity contribution < 1.29 is 0 Å². The van der Waals surface area contributed by atoms with E-state index in [0.717, 1.165) is 12.0 Å². The van der Waals surface area contributed by atoms with Crippen molar-refractivity contribution in [1.29, 1.82) is 0 Å². The predicted octanol–water partition coefficient (Wildman–Crippen LogP) is 4.20. The minimum absolute atomic E-state index is 1.03. The highest BCUT2D eigenvalue weighted by molar-refractivity contribution is 5.38. The lowest BCUT2D eigenvalue weighted by Crippen LogP contribution is -1.76. The average molecular weight is 174 g/mol. The van der Waals surface area contributed by atoms with E-state index in [0.29, 0.717) is 0 Å². The molecular weight excluding hydrogens is 156 g/mol. The normalized spacial score (nSPS) is 12.6. The van der Waals surface area contributed by atoms with Gasteiger partial charge in [-0.05, 0) is 24.5 Å². The lowest BCUT2D eigenvalue weighted by molar-refractivity contribution is 1.22. The van der Waals surface area contributed by atoms with Crippen LogP contribution in [0.4, 0.5) is 0 Å². The largest absolute Gasteiger partial charge is 0.0991 e. The van der Waals surface area contributed by atoms with Gasteiger partial charge in [-0.2, -0.15) is 0 Å². The van der Waals surface area contributed by atoms with Crippen LogP contribution in [0.15, 0.2) is 60.8 Å². The SMILES string of the molecule is C=C/C=C\C(=C)/C(C)=C/C=C\CC. The highest BCUT2D eigenvalue weighted by Gasteiger charge is 1.88. The second-order valence-corrected chi connectivity index (χ2v) is 2.81. The summed E-state index contributed by atoms with van der Waals surface area (Å²) in [7, 11) is 0. The topological polar surface area (TPSA) is 0 Å². The summed E-state index contributed by atoms with van der Waals surface area (Å²) >= 11 is 0. The third-order valence-corrected chi connectivity index (χ3v) is 1.66. The molecule has 0 aliphatic carbocycles. The van der Waals surface area contributed by atoms with Crippen LogP contribution in [-0.2, 0) is 0 Å². The van der Waals surface area contributed by atoms with E-state index in [1.54, 1.807) is 6.08 Å². The van der Waals surface area contributed by atoms with Crippen LogP contribution in [0.2, 0.25) is 0 Å². The Bertz CT molecular complexity index is 249. The zero-order valence-electron chi connectivity index (χ0n) is 8.59. The van der Waals surface area contributed by atoms with Crippen molar-refractivity contribution in [2.24, 2.45) is 0 Å². The lowest BCUT2D eigenvalue weighted by atomic mass is 10.1. The minimum atomic E-state index is 1.03. The Morgan fingerprint density at radius 1 is 1.31 bits per heavy atom. The third-order valence-electron chi connectivity index (χ3n) is 1.66. The van der Waals surface area contributed by atoms with E-state index in [2.05, 4.69) is 45.2 Å². The van der Waals surface area contributed by atoms with E-state index in [1.165, 1.54) is 5.57 Å². The Kier molecular flexibility index (Phi) is 6.62. The van der Waals surface area contributed by atoms with Gasteiger partial charge in [0.2, 0.25) is 0 Å². The maximum absolute atomic E-state index is 3.93. The first-order valence-corrected chi connectivity index (χ1v) is 4.54. The zero-order valence-corrected chi connectivity index (χ0v) is 8.59. The molecule has 0 unspecified atom stereocenters. The molecule has 0 radical (unpaired) electrons. The van der Waals surface area contributed by atoms with Crippen LogP contribution >= 0.6 is 0 Å². The summed E-state index contributed by atoms with van der Waals surface area (Å²) < 4.78 is 0. The second-order valence-electron chi connectivity index (χ2n) is 2.81. The van der Waals surface area contributed by atoms with Gasteiger partial charge in [-0.3, -0.25) is 0 Å². The lowest BCUT2D eigenvalue weighted by Gasteiger charge is -1.96. The molecule has 0 heterocycles. The Balaban J connectivity index is 4.24. The summed E-state index contributed by atoms with van der Waals surface area (Å²) in [6, 6.07) is 0.